The highest BCUT2D eigenvalue weighted by molar-refractivity contribution is 7.89. The number of halogens is 1. The van der Waals surface area contributed by atoms with Crippen molar-refractivity contribution in [1.29, 1.82) is 0 Å². The quantitative estimate of drug-likeness (QED) is 0.594. The Morgan fingerprint density at radius 2 is 1.79 bits per heavy atom. The first-order valence-electron chi connectivity index (χ1n) is 11.2. The van der Waals surface area contributed by atoms with E-state index in [1.165, 1.54) is 28.6 Å². The van der Waals surface area contributed by atoms with Crippen LogP contribution >= 0.6 is 0 Å². The molecule has 34 heavy (non-hydrogen) atoms. The molecule has 0 unspecified atom stereocenters. The van der Waals surface area contributed by atoms with E-state index in [4.69, 9.17) is 4.74 Å². The van der Waals surface area contributed by atoms with Crippen LogP contribution in [0.4, 0.5) is 10.1 Å². The van der Waals surface area contributed by atoms with Crippen molar-refractivity contribution in [3.8, 4) is 16.9 Å². The summed E-state index contributed by atoms with van der Waals surface area (Å²) in [6.45, 7) is 0.265. The number of benzene rings is 3. The summed E-state index contributed by atoms with van der Waals surface area (Å²) >= 11 is 0. The zero-order chi connectivity index (χ0) is 24.0. The van der Waals surface area contributed by atoms with Gasteiger partial charge in [0.25, 0.3) is 0 Å². The number of likely N-dealkylation sites (N-methyl/N-ethyl adjacent to an activating group) is 1. The molecule has 3 aromatic carbocycles. The SMILES string of the molecule is COc1cccc(-c2ccc3c(c2)[C@@H]2[C@@H](CCN2S(=O)(=O)c2ccc(F)cc2)[C@H](CO)N3C)c1. The van der Waals surface area contributed by atoms with Crippen molar-refractivity contribution in [3.63, 3.8) is 0 Å². The largest absolute Gasteiger partial charge is 0.497 e. The Balaban J connectivity index is 1.63. The van der Waals surface area contributed by atoms with Crippen LogP contribution in [-0.4, -0.2) is 51.2 Å². The van der Waals surface area contributed by atoms with Crippen molar-refractivity contribution in [2.75, 3.05) is 32.2 Å². The van der Waals surface area contributed by atoms with Gasteiger partial charge in [-0.3, -0.25) is 0 Å². The molecule has 2 aliphatic rings. The number of hydrogen-bond donors (Lipinski definition) is 1. The predicted molar refractivity (Wildman–Crippen MR) is 129 cm³/mol. The van der Waals surface area contributed by atoms with Crippen LogP contribution < -0.4 is 9.64 Å². The molecule has 3 atom stereocenters. The van der Waals surface area contributed by atoms with Gasteiger partial charge in [0.2, 0.25) is 10.0 Å². The van der Waals surface area contributed by atoms with Crippen molar-refractivity contribution < 1.29 is 22.7 Å². The maximum Gasteiger partial charge on any atom is 0.243 e. The molecule has 0 bridgehead atoms. The number of hydrogen-bond acceptors (Lipinski definition) is 5. The van der Waals surface area contributed by atoms with Crippen LogP contribution in [0.15, 0.2) is 71.6 Å². The van der Waals surface area contributed by atoms with Crippen LogP contribution in [0.3, 0.4) is 0 Å². The molecule has 2 aliphatic heterocycles. The highest BCUT2D eigenvalue weighted by Gasteiger charge is 2.50. The van der Waals surface area contributed by atoms with E-state index >= 15 is 0 Å². The lowest BCUT2D eigenvalue weighted by molar-refractivity contribution is 0.193. The number of anilines is 1. The number of nitrogens with zero attached hydrogens (tertiary/aromatic N) is 2. The molecule has 6 nitrogen and oxygen atoms in total. The molecule has 0 aliphatic carbocycles. The smallest absolute Gasteiger partial charge is 0.243 e. The Morgan fingerprint density at radius 1 is 1.06 bits per heavy atom. The molecule has 1 N–H and O–H groups in total. The van der Waals surface area contributed by atoms with Gasteiger partial charge in [-0.2, -0.15) is 4.31 Å². The van der Waals surface area contributed by atoms with E-state index in [2.05, 4.69) is 4.90 Å². The van der Waals surface area contributed by atoms with Gasteiger partial charge in [0.05, 0.1) is 30.7 Å². The van der Waals surface area contributed by atoms with Crippen molar-refractivity contribution >= 4 is 15.7 Å². The summed E-state index contributed by atoms with van der Waals surface area (Å²) in [5, 5.41) is 10.2. The Morgan fingerprint density at radius 3 is 2.50 bits per heavy atom. The average Bonchev–Trinajstić information content (AvgIpc) is 3.30. The third-order valence-corrected chi connectivity index (χ3v) is 9.02. The standard InChI is InChI=1S/C26H27FN2O4S/c1-28-24-11-6-18(17-4-3-5-20(14-17)33-2)15-23(24)26-22(25(28)16-30)12-13-29(26)34(31,32)21-9-7-19(27)8-10-21/h3-11,14-15,22,25-26,30H,12-13,16H2,1-2H3/t22-,25-,26-/m0/s1. The molecule has 3 aromatic rings. The van der Waals surface area contributed by atoms with Gasteiger partial charge in [-0.05, 0) is 71.6 Å². The van der Waals surface area contributed by atoms with Crippen LogP contribution in [0.1, 0.15) is 18.0 Å². The van der Waals surface area contributed by atoms with Crippen molar-refractivity contribution in [2.45, 2.75) is 23.4 Å². The first kappa shape index (κ1) is 22.8. The van der Waals surface area contributed by atoms with Crippen LogP contribution in [-0.2, 0) is 10.0 Å². The fourth-order valence-corrected chi connectivity index (χ4v) is 7.07. The normalized spacial score (nSPS) is 22.4. The molecule has 8 heteroatoms. The second kappa shape index (κ2) is 8.69. The summed E-state index contributed by atoms with van der Waals surface area (Å²) in [4.78, 5) is 2.12. The molecule has 0 aromatic heterocycles. The number of aliphatic hydroxyl groups excluding tert-OH is 1. The summed E-state index contributed by atoms with van der Waals surface area (Å²) < 4.78 is 47.6. The van der Waals surface area contributed by atoms with Crippen LogP contribution in [0.5, 0.6) is 5.75 Å². The predicted octanol–water partition coefficient (Wildman–Crippen LogP) is 4.06. The number of rotatable bonds is 5. The molecule has 0 radical (unpaired) electrons. The molecule has 5 rings (SSSR count). The summed E-state index contributed by atoms with van der Waals surface area (Å²) in [5.41, 5.74) is 3.73. The zero-order valence-corrected chi connectivity index (χ0v) is 19.9. The minimum atomic E-state index is -3.86. The number of aliphatic hydroxyl groups is 1. The van der Waals surface area contributed by atoms with Gasteiger partial charge in [-0.1, -0.05) is 18.2 Å². The summed E-state index contributed by atoms with van der Waals surface area (Å²) in [6.07, 6.45) is 0.628. The first-order valence-corrected chi connectivity index (χ1v) is 12.7. The fourth-order valence-electron chi connectivity index (χ4n) is 5.41. The van der Waals surface area contributed by atoms with E-state index in [1.807, 2.05) is 49.5 Å². The molecular weight excluding hydrogens is 455 g/mol. The van der Waals surface area contributed by atoms with Crippen LogP contribution in [0.25, 0.3) is 11.1 Å². The van der Waals surface area contributed by atoms with E-state index in [-0.39, 0.29) is 23.5 Å². The lowest BCUT2D eigenvalue weighted by Crippen LogP contribution is -2.48. The lowest BCUT2D eigenvalue weighted by atomic mass is 9.81. The van der Waals surface area contributed by atoms with E-state index in [0.29, 0.717) is 13.0 Å². The van der Waals surface area contributed by atoms with Gasteiger partial charge in [-0.15, -0.1) is 0 Å². The van der Waals surface area contributed by atoms with Crippen LogP contribution in [0, 0.1) is 11.7 Å². The molecule has 0 spiro atoms. The maximum atomic E-state index is 13.6. The molecule has 0 saturated carbocycles. The Labute approximate surface area is 199 Å². The van der Waals surface area contributed by atoms with E-state index < -0.39 is 21.9 Å². The Bertz CT molecular complexity index is 1310. The third-order valence-electron chi connectivity index (χ3n) is 7.13. The summed E-state index contributed by atoms with van der Waals surface area (Å²) in [5.74, 6) is 0.191. The Hall–Kier alpha value is -2.94. The topological polar surface area (TPSA) is 70.1 Å². The molecule has 178 valence electrons. The lowest BCUT2D eigenvalue weighted by Gasteiger charge is -2.44. The second-order valence-corrected chi connectivity index (χ2v) is 10.7. The summed E-state index contributed by atoms with van der Waals surface area (Å²) in [6, 6.07) is 18.1. The van der Waals surface area contributed by atoms with Crippen LogP contribution in [0.2, 0.25) is 0 Å². The number of fused-ring (bicyclic) bond motifs is 3. The van der Waals surface area contributed by atoms with E-state index in [0.717, 1.165) is 28.1 Å². The van der Waals surface area contributed by atoms with Gasteiger partial charge in [-0.25, -0.2) is 12.8 Å². The van der Waals surface area contributed by atoms with Gasteiger partial charge in [0, 0.05) is 25.2 Å². The molecule has 0 amide bonds. The van der Waals surface area contributed by atoms with Gasteiger partial charge in [0.15, 0.2) is 0 Å². The minimum Gasteiger partial charge on any atom is -0.497 e. The first-order chi connectivity index (χ1) is 16.3. The summed E-state index contributed by atoms with van der Waals surface area (Å²) in [7, 11) is -0.294. The molecule has 1 fully saturated rings. The Kier molecular flexibility index (Phi) is 5.83. The van der Waals surface area contributed by atoms with Crippen molar-refractivity contribution in [2.24, 2.45) is 5.92 Å². The van der Waals surface area contributed by atoms with Crippen molar-refractivity contribution in [3.05, 3.63) is 78.1 Å². The van der Waals surface area contributed by atoms with E-state index in [9.17, 15) is 17.9 Å². The number of methoxy groups -OCH3 is 1. The molecule has 1 saturated heterocycles. The van der Waals surface area contributed by atoms with Gasteiger partial charge in [0.1, 0.15) is 11.6 Å². The number of ether oxygens (including phenoxy) is 1. The monoisotopic (exact) mass is 482 g/mol. The second-order valence-electron chi connectivity index (χ2n) is 8.83. The maximum absolute atomic E-state index is 13.6. The molecular formula is C26H27FN2O4S. The fraction of sp³-hybridized carbons (Fsp3) is 0.308. The van der Waals surface area contributed by atoms with E-state index in [1.54, 1.807) is 7.11 Å². The van der Waals surface area contributed by atoms with Crippen molar-refractivity contribution in [1.82, 2.24) is 4.31 Å². The third kappa shape index (κ3) is 3.66. The average molecular weight is 483 g/mol. The van der Waals surface area contributed by atoms with Gasteiger partial charge >= 0.3 is 0 Å². The minimum absolute atomic E-state index is 0.0690. The zero-order valence-electron chi connectivity index (χ0n) is 19.1. The number of sulfonamides is 1. The highest BCUT2D eigenvalue weighted by Crippen LogP contribution is 2.51. The van der Waals surface area contributed by atoms with Gasteiger partial charge < -0.3 is 14.7 Å². The molecule has 2 heterocycles. The highest BCUT2D eigenvalue weighted by atomic mass is 32.2.